The third kappa shape index (κ3) is 20.1. The molecule has 26 nitrogen and oxygen atoms in total. The van der Waals surface area contributed by atoms with Gasteiger partial charge < -0.3 is 55.1 Å². The monoisotopic (exact) mass is 1430 g/mol. The SMILES string of the molecule is NC(N)=[N+]1CCN(c2ccn3c(=O)c(C(=O)NC(CC(=O)O)c4ccccc4)ccc3c2)CC1.O=C(CC(NC(=O)c1ccc2cc(Cl)ccn2c1=O)c1ccccc1)OP.O=C(CC(NC(=O)c1ccc2cc(N3CCNCC3)ccn2c1=O)c1ccccc1)OP.O=C([O-])C(F)(F)F. The van der Waals surface area contributed by atoms with E-state index in [0.29, 0.717) is 46.2 Å². The number of piperazine rings is 2. The number of carboxylic acid groups (broad SMARTS) is 2. The summed E-state index contributed by atoms with van der Waals surface area (Å²) in [6.45, 7) is 6.54. The van der Waals surface area contributed by atoms with Gasteiger partial charge in [-0.05, 0) is 89.5 Å². The molecule has 5 atom stereocenters. The van der Waals surface area contributed by atoms with Crippen LogP contribution in [0.2, 0.25) is 5.02 Å². The van der Waals surface area contributed by atoms with E-state index in [0.717, 1.165) is 61.8 Å². The highest BCUT2D eigenvalue weighted by atomic mass is 35.5. The maximum atomic E-state index is 13.1. The third-order valence-corrected chi connectivity index (χ3v) is 16.6. The number of hydrogen-bond donors (Lipinski definition) is 7. The number of halogens is 4. The first-order valence-electron chi connectivity index (χ1n) is 30.7. The molecule has 5 unspecified atom stereocenters. The van der Waals surface area contributed by atoms with E-state index >= 15 is 0 Å². The van der Waals surface area contributed by atoms with Crippen molar-refractivity contribution in [3.8, 4) is 0 Å². The lowest BCUT2D eigenvalue weighted by atomic mass is 10.0. The van der Waals surface area contributed by atoms with Crippen LogP contribution in [0.25, 0.3) is 16.6 Å². The summed E-state index contributed by atoms with van der Waals surface area (Å²) >= 11 is 5.93. The lowest BCUT2D eigenvalue weighted by molar-refractivity contribution is -0.531. The number of carbonyl (C=O) groups is 7. The molecule has 2 saturated heterocycles. The fraction of sp³-hybridized carbons (Fsp3) is 0.221. The van der Waals surface area contributed by atoms with Crippen molar-refractivity contribution in [3.05, 3.63) is 252 Å². The van der Waals surface area contributed by atoms with Crippen molar-refractivity contribution in [2.24, 2.45) is 11.5 Å². The number of aromatic nitrogens is 3. The largest absolute Gasteiger partial charge is 0.542 e. The maximum absolute atomic E-state index is 13.1. The number of carboxylic acids is 2. The van der Waals surface area contributed by atoms with E-state index in [1.807, 2.05) is 84.2 Å². The molecule has 2 aliphatic rings. The van der Waals surface area contributed by atoms with Crippen LogP contribution in [0.15, 0.2) is 197 Å². The first kappa shape index (κ1) is 74.8. The van der Waals surface area contributed by atoms with Gasteiger partial charge >= 0.3 is 30.0 Å². The van der Waals surface area contributed by atoms with Crippen molar-refractivity contribution in [1.29, 1.82) is 0 Å². The van der Waals surface area contributed by atoms with Crippen LogP contribution in [0.5, 0.6) is 0 Å². The molecule has 522 valence electrons. The number of anilines is 2. The number of pyridine rings is 6. The Balaban J connectivity index is 0.000000183. The Morgan fingerprint density at radius 3 is 1.22 bits per heavy atom. The summed E-state index contributed by atoms with van der Waals surface area (Å²) in [5.74, 6) is -6.47. The van der Waals surface area contributed by atoms with Crippen molar-refractivity contribution in [2.45, 2.75) is 43.6 Å². The second kappa shape index (κ2) is 35.0. The topological polar surface area (TPSA) is 355 Å². The number of rotatable bonds is 17. The number of fused-ring (bicyclic) bond motifs is 3. The smallest absolute Gasteiger partial charge is 0.430 e. The Kier molecular flexibility index (Phi) is 26.2. The third-order valence-electron chi connectivity index (χ3n) is 15.9. The minimum atomic E-state index is -5.19. The van der Waals surface area contributed by atoms with Gasteiger partial charge in [0.2, 0.25) is 0 Å². The number of nitrogens with one attached hydrogen (secondary N) is 4. The van der Waals surface area contributed by atoms with Crippen LogP contribution in [0.1, 0.15) is 85.2 Å². The minimum Gasteiger partial charge on any atom is -0.542 e. The van der Waals surface area contributed by atoms with Crippen molar-refractivity contribution in [2.75, 3.05) is 62.2 Å². The van der Waals surface area contributed by atoms with E-state index in [4.69, 9.17) is 33.0 Å². The molecule has 3 amide bonds. The highest BCUT2D eigenvalue weighted by Gasteiger charge is 2.29. The van der Waals surface area contributed by atoms with Gasteiger partial charge in [0.05, 0.1) is 86.0 Å². The average Bonchev–Trinajstić information content (AvgIpc) is 0.811. The van der Waals surface area contributed by atoms with Gasteiger partial charge in [-0.25, -0.2) is 0 Å². The standard InChI is InChI=1S/C24H26N6O4.C23H25N4O4P.C19H16ClN2O4P.C2HF3O2/c25-24(26)29-12-10-28(11-13-29)17-8-9-30-18(14-17)6-7-19(23(30)34)22(33)27-20(15-21(31)32)16-4-2-1-3-5-16;28-21(31-32)15-20(16-4-2-1-3-5-16)25-22(29)19-7-6-18-14-17(8-11-27(18)23(19)30)26-12-9-24-10-13-26;20-13-8-9-22-14(10-13)6-7-15(19(22)25)18(24)21-16(11-17(23)26-27)12-4-2-1-3-5-12;3-2(4,5)1(6)7/h1-9,14,20H,10-13,15H2,(H5,25,26,27,31,32,33);1-8,11,14,20,24H,9-10,12-13,15,32H2,(H,25,29);1-10,16H,11,27H2,(H,21,24);(H,6,7). The average molecular weight is 1430 g/mol. The summed E-state index contributed by atoms with van der Waals surface area (Å²) in [5, 5.41) is 30.1. The summed E-state index contributed by atoms with van der Waals surface area (Å²) in [7, 11) is 3.80. The highest BCUT2D eigenvalue weighted by Crippen LogP contribution is 2.24. The van der Waals surface area contributed by atoms with Gasteiger partial charge in [-0.3, -0.25) is 72.4 Å². The highest BCUT2D eigenvalue weighted by molar-refractivity contribution is 7.11. The molecule has 0 spiro atoms. The molecule has 2 fully saturated rings. The van der Waals surface area contributed by atoms with Crippen LogP contribution < -0.4 is 64.3 Å². The van der Waals surface area contributed by atoms with Gasteiger partial charge in [-0.1, -0.05) is 103 Å². The number of guanidine groups is 1. The molecule has 9 aromatic rings. The van der Waals surface area contributed by atoms with Gasteiger partial charge in [-0.2, -0.15) is 13.2 Å². The van der Waals surface area contributed by atoms with Crippen molar-refractivity contribution >= 4 is 106 Å². The Bertz CT molecular complexity index is 4670. The number of nitrogens with two attached hydrogens (primary N) is 2. The maximum Gasteiger partial charge on any atom is 0.430 e. The summed E-state index contributed by atoms with van der Waals surface area (Å²) in [5.41, 5.74) is 16.0. The molecule has 2 aliphatic heterocycles. The molecular formula is C68H68ClF3N12O14P2. The Labute approximate surface area is 577 Å². The molecular weight excluding hydrogens is 1360 g/mol. The Morgan fingerprint density at radius 1 is 0.540 bits per heavy atom. The number of aliphatic carboxylic acids is 2. The molecule has 9 N–H and O–H groups in total. The summed E-state index contributed by atoms with van der Waals surface area (Å²) in [6.07, 6.45) is -0.754. The first-order valence-corrected chi connectivity index (χ1v) is 32.0. The molecule has 0 radical (unpaired) electrons. The zero-order chi connectivity index (χ0) is 72.2. The summed E-state index contributed by atoms with van der Waals surface area (Å²) in [6, 6.07) is 45.3. The predicted molar refractivity (Wildman–Crippen MR) is 371 cm³/mol. The van der Waals surface area contributed by atoms with Crippen molar-refractivity contribution in [3.63, 3.8) is 0 Å². The minimum absolute atomic E-state index is 0.0117. The lowest BCUT2D eigenvalue weighted by Crippen LogP contribution is -2.48. The van der Waals surface area contributed by atoms with Crippen molar-refractivity contribution in [1.82, 2.24) is 34.5 Å². The van der Waals surface area contributed by atoms with Crippen LogP contribution in [0.4, 0.5) is 24.5 Å². The Hall–Kier alpha value is -11.0. The van der Waals surface area contributed by atoms with Gasteiger partial charge in [0.15, 0.2) is 0 Å². The quantitative estimate of drug-likeness (QED) is 0.0369. The normalized spacial score (nSPS) is 13.6. The molecule has 32 heteroatoms. The predicted octanol–water partition coefficient (Wildman–Crippen LogP) is 4.70. The van der Waals surface area contributed by atoms with E-state index in [9.17, 15) is 61.4 Å². The zero-order valence-electron chi connectivity index (χ0n) is 53.1. The van der Waals surface area contributed by atoms with Crippen LogP contribution in [-0.2, 0) is 28.2 Å². The number of nitrogens with zero attached hydrogens (tertiary/aromatic N) is 6. The molecule has 6 aromatic heterocycles. The number of carbonyl (C=O) groups excluding carboxylic acids is 6. The first-order chi connectivity index (χ1) is 47.8. The van der Waals surface area contributed by atoms with Crippen LogP contribution in [0, 0.1) is 0 Å². The molecule has 0 saturated carbocycles. The molecule has 0 aliphatic carbocycles. The molecule has 100 heavy (non-hydrogen) atoms. The lowest BCUT2D eigenvalue weighted by Gasteiger charge is -2.30. The van der Waals surface area contributed by atoms with Gasteiger partial charge in [0.25, 0.3) is 34.4 Å². The number of benzene rings is 3. The molecule has 0 bridgehead atoms. The number of alkyl halides is 3. The summed E-state index contributed by atoms with van der Waals surface area (Å²) < 4.78 is 47.0. The van der Waals surface area contributed by atoms with Gasteiger partial charge in [0, 0.05) is 74.3 Å². The summed E-state index contributed by atoms with van der Waals surface area (Å²) in [4.78, 5) is 125. The second-order valence-corrected chi connectivity index (χ2v) is 23.3. The Morgan fingerprint density at radius 2 is 0.880 bits per heavy atom. The van der Waals surface area contributed by atoms with E-state index in [1.165, 1.54) is 37.6 Å². The van der Waals surface area contributed by atoms with Gasteiger partial charge in [0.1, 0.15) is 22.7 Å². The van der Waals surface area contributed by atoms with Crippen LogP contribution >= 0.6 is 30.5 Å². The van der Waals surface area contributed by atoms with E-state index < -0.39 is 82.6 Å². The molecule has 8 heterocycles. The van der Waals surface area contributed by atoms with Crippen LogP contribution in [0.3, 0.4) is 0 Å². The van der Waals surface area contributed by atoms with Crippen LogP contribution in [-0.4, -0.2) is 129 Å². The number of hydrogen-bond acceptors (Lipinski definition) is 16. The molecule has 3 aromatic carbocycles. The molecule has 11 rings (SSSR count). The fourth-order valence-corrected chi connectivity index (χ4v) is 11.1. The fourth-order valence-electron chi connectivity index (χ4n) is 10.7. The number of amides is 3. The van der Waals surface area contributed by atoms with E-state index in [1.54, 1.807) is 97.3 Å². The zero-order valence-corrected chi connectivity index (χ0v) is 56.2. The van der Waals surface area contributed by atoms with Crippen molar-refractivity contribution < 1.29 is 70.6 Å². The van der Waals surface area contributed by atoms with Gasteiger partial charge in [-0.15, -0.1) is 0 Å². The second-order valence-electron chi connectivity index (χ2n) is 22.4. The van der Waals surface area contributed by atoms with E-state index in [2.05, 4.69) is 40.1 Å². The van der Waals surface area contributed by atoms with E-state index in [-0.39, 0.29) is 36.0 Å².